The topological polar surface area (TPSA) is 75.6 Å². The summed E-state index contributed by atoms with van der Waals surface area (Å²) in [6, 6.07) is 10.8. The Kier molecular flexibility index (Phi) is 6.43. The molecule has 1 amide bonds. The van der Waals surface area contributed by atoms with Crippen molar-refractivity contribution in [1.82, 2.24) is 5.32 Å². The van der Waals surface area contributed by atoms with Gasteiger partial charge in [-0.15, -0.1) is 11.3 Å². The van der Waals surface area contributed by atoms with Crippen LogP contribution in [0.5, 0.6) is 5.75 Å². The molecule has 0 saturated heterocycles. The molecule has 1 aromatic carbocycles. The smallest absolute Gasteiger partial charge is 0.341 e. The molecule has 7 heteroatoms. The molecule has 0 aliphatic carbocycles. The zero-order chi connectivity index (χ0) is 16.7. The van der Waals surface area contributed by atoms with E-state index in [1.165, 1.54) is 11.3 Å². The predicted octanol–water partition coefficient (Wildman–Crippen LogP) is 2.77. The molecule has 1 aromatic heterocycles. The number of carbonyl (C=O) groups excluding carboxylic acids is 1. The fourth-order valence-corrected chi connectivity index (χ4v) is 3.00. The van der Waals surface area contributed by atoms with Gasteiger partial charge in [0.2, 0.25) is 5.91 Å². The number of thiophene rings is 1. The van der Waals surface area contributed by atoms with E-state index in [9.17, 15) is 9.59 Å². The second-order valence-electron chi connectivity index (χ2n) is 4.81. The van der Waals surface area contributed by atoms with Crippen LogP contribution in [-0.2, 0) is 22.4 Å². The Balaban J connectivity index is 1.71. The molecule has 2 aromatic rings. The van der Waals surface area contributed by atoms with Gasteiger partial charge in [0.05, 0.1) is 10.8 Å². The molecular formula is C16H16ClNO4S. The van der Waals surface area contributed by atoms with E-state index in [2.05, 4.69) is 5.32 Å². The van der Waals surface area contributed by atoms with Gasteiger partial charge in [0.1, 0.15) is 5.75 Å². The number of hydrogen-bond donors (Lipinski definition) is 2. The van der Waals surface area contributed by atoms with Gasteiger partial charge in [-0.05, 0) is 36.2 Å². The number of hydrogen-bond acceptors (Lipinski definition) is 4. The second kappa shape index (κ2) is 8.55. The van der Waals surface area contributed by atoms with E-state index in [-0.39, 0.29) is 12.5 Å². The first-order valence-corrected chi connectivity index (χ1v) is 8.17. The quantitative estimate of drug-likeness (QED) is 0.765. The summed E-state index contributed by atoms with van der Waals surface area (Å²) < 4.78 is 5.73. The standard InChI is InChI=1S/C16H16ClNO4S/c17-14-6-5-13(23-14)9-15(19)18-8-7-11-1-3-12(4-2-11)22-10-16(20)21/h1-6H,7-10H2,(H,18,19)(H,20,21). The molecular weight excluding hydrogens is 338 g/mol. The van der Waals surface area contributed by atoms with Gasteiger partial charge in [-0.3, -0.25) is 4.79 Å². The molecule has 0 radical (unpaired) electrons. The predicted molar refractivity (Wildman–Crippen MR) is 89.3 cm³/mol. The molecule has 0 unspecified atom stereocenters. The lowest BCUT2D eigenvalue weighted by molar-refractivity contribution is -0.139. The van der Waals surface area contributed by atoms with Crippen LogP contribution in [0.1, 0.15) is 10.4 Å². The Morgan fingerprint density at radius 1 is 1.17 bits per heavy atom. The average molecular weight is 354 g/mol. The van der Waals surface area contributed by atoms with E-state index in [1.807, 2.05) is 18.2 Å². The molecule has 0 fully saturated rings. The molecule has 0 aliphatic heterocycles. The van der Waals surface area contributed by atoms with Gasteiger partial charge in [0, 0.05) is 11.4 Å². The van der Waals surface area contributed by atoms with Gasteiger partial charge in [-0.2, -0.15) is 0 Å². The van der Waals surface area contributed by atoms with Gasteiger partial charge in [-0.1, -0.05) is 23.7 Å². The van der Waals surface area contributed by atoms with Crippen molar-refractivity contribution in [2.24, 2.45) is 0 Å². The van der Waals surface area contributed by atoms with E-state index >= 15 is 0 Å². The fraction of sp³-hybridized carbons (Fsp3) is 0.250. The Morgan fingerprint density at radius 3 is 2.52 bits per heavy atom. The average Bonchev–Trinajstić information content (AvgIpc) is 2.91. The van der Waals surface area contributed by atoms with Gasteiger partial charge in [-0.25, -0.2) is 4.79 Å². The Morgan fingerprint density at radius 2 is 1.91 bits per heavy atom. The lowest BCUT2D eigenvalue weighted by atomic mass is 10.1. The first kappa shape index (κ1) is 17.3. The van der Waals surface area contributed by atoms with Crippen LogP contribution in [0.4, 0.5) is 0 Å². The van der Waals surface area contributed by atoms with E-state index in [0.717, 1.165) is 10.4 Å². The highest BCUT2D eigenvalue weighted by Crippen LogP contribution is 2.21. The third kappa shape index (κ3) is 6.30. The van der Waals surface area contributed by atoms with Crippen LogP contribution in [0.15, 0.2) is 36.4 Å². The van der Waals surface area contributed by atoms with Gasteiger partial charge < -0.3 is 15.2 Å². The minimum Gasteiger partial charge on any atom is -0.482 e. The molecule has 2 N–H and O–H groups in total. The number of benzene rings is 1. The number of ether oxygens (including phenoxy) is 1. The zero-order valence-electron chi connectivity index (χ0n) is 12.3. The van der Waals surface area contributed by atoms with Crippen molar-refractivity contribution in [2.75, 3.05) is 13.2 Å². The second-order valence-corrected chi connectivity index (χ2v) is 6.61. The van der Waals surface area contributed by atoms with Crippen molar-refractivity contribution >= 4 is 34.8 Å². The van der Waals surface area contributed by atoms with E-state index in [1.54, 1.807) is 18.2 Å². The Hall–Kier alpha value is -2.05. The fourth-order valence-electron chi connectivity index (χ4n) is 1.91. The first-order chi connectivity index (χ1) is 11.0. The number of aliphatic carboxylic acids is 1. The number of carboxylic acids is 1. The summed E-state index contributed by atoms with van der Waals surface area (Å²) >= 11 is 7.23. The number of nitrogens with one attached hydrogen (secondary N) is 1. The first-order valence-electron chi connectivity index (χ1n) is 6.97. The molecule has 1 heterocycles. The summed E-state index contributed by atoms with van der Waals surface area (Å²) in [5.74, 6) is -0.538. The van der Waals surface area contributed by atoms with Crippen molar-refractivity contribution in [1.29, 1.82) is 0 Å². The molecule has 0 atom stereocenters. The maximum Gasteiger partial charge on any atom is 0.341 e. The largest absolute Gasteiger partial charge is 0.482 e. The molecule has 23 heavy (non-hydrogen) atoms. The lowest BCUT2D eigenvalue weighted by Gasteiger charge is -2.06. The van der Waals surface area contributed by atoms with Crippen molar-refractivity contribution in [2.45, 2.75) is 12.8 Å². The maximum atomic E-state index is 11.8. The van der Waals surface area contributed by atoms with Crippen LogP contribution in [0.3, 0.4) is 0 Å². The summed E-state index contributed by atoms with van der Waals surface area (Å²) in [6.45, 7) is 0.176. The highest BCUT2D eigenvalue weighted by molar-refractivity contribution is 7.16. The van der Waals surface area contributed by atoms with E-state index < -0.39 is 5.97 Å². The van der Waals surface area contributed by atoms with Crippen LogP contribution in [0.25, 0.3) is 0 Å². The minimum atomic E-state index is -1.01. The normalized spacial score (nSPS) is 10.3. The van der Waals surface area contributed by atoms with Crippen molar-refractivity contribution in [3.05, 3.63) is 51.2 Å². The maximum absolute atomic E-state index is 11.8. The van der Waals surface area contributed by atoms with Crippen LogP contribution >= 0.6 is 22.9 Å². The number of halogens is 1. The molecule has 0 spiro atoms. The molecule has 2 rings (SSSR count). The van der Waals surface area contributed by atoms with Crippen molar-refractivity contribution in [3.63, 3.8) is 0 Å². The number of amides is 1. The minimum absolute atomic E-state index is 0.0371. The molecule has 0 saturated carbocycles. The van der Waals surface area contributed by atoms with Crippen molar-refractivity contribution in [3.8, 4) is 5.75 Å². The summed E-state index contributed by atoms with van der Waals surface area (Å²) in [7, 11) is 0. The van der Waals surface area contributed by atoms with E-state index in [4.69, 9.17) is 21.4 Å². The summed E-state index contributed by atoms with van der Waals surface area (Å²) in [5, 5.41) is 11.4. The Labute approximate surface area is 142 Å². The van der Waals surface area contributed by atoms with Crippen LogP contribution in [-0.4, -0.2) is 30.1 Å². The summed E-state index contributed by atoms with van der Waals surface area (Å²) in [6.07, 6.45) is 1.02. The molecule has 122 valence electrons. The Bertz CT molecular complexity index is 669. The monoisotopic (exact) mass is 353 g/mol. The lowest BCUT2D eigenvalue weighted by Crippen LogP contribution is -2.26. The van der Waals surface area contributed by atoms with Gasteiger partial charge in [0.15, 0.2) is 6.61 Å². The number of carbonyl (C=O) groups is 2. The van der Waals surface area contributed by atoms with Gasteiger partial charge in [0.25, 0.3) is 0 Å². The third-order valence-electron chi connectivity index (χ3n) is 2.99. The van der Waals surface area contributed by atoms with E-state index in [0.29, 0.717) is 29.5 Å². The highest BCUT2D eigenvalue weighted by atomic mass is 35.5. The number of carboxylic acid groups (broad SMARTS) is 1. The third-order valence-corrected chi connectivity index (χ3v) is 4.22. The molecule has 5 nitrogen and oxygen atoms in total. The highest BCUT2D eigenvalue weighted by Gasteiger charge is 2.05. The van der Waals surface area contributed by atoms with Crippen molar-refractivity contribution < 1.29 is 19.4 Å². The summed E-state index contributed by atoms with van der Waals surface area (Å²) in [4.78, 5) is 23.1. The zero-order valence-corrected chi connectivity index (χ0v) is 13.8. The van der Waals surface area contributed by atoms with Crippen LogP contribution in [0, 0.1) is 0 Å². The molecule has 0 aliphatic rings. The number of rotatable bonds is 8. The summed E-state index contributed by atoms with van der Waals surface area (Å²) in [5.41, 5.74) is 1.03. The van der Waals surface area contributed by atoms with Crippen LogP contribution in [0.2, 0.25) is 4.34 Å². The van der Waals surface area contributed by atoms with Gasteiger partial charge >= 0.3 is 5.97 Å². The van der Waals surface area contributed by atoms with Crippen LogP contribution < -0.4 is 10.1 Å². The SMILES string of the molecule is O=C(O)COc1ccc(CCNC(=O)Cc2ccc(Cl)s2)cc1. The molecule has 0 bridgehead atoms.